The minimum absolute atomic E-state index is 0.263. The van der Waals surface area contributed by atoms with Crippen molar-refractivity contribution in [2.75, 3.05) is 26.2 Å². The molecule has 2 aliphatic heterocycles. The highest BCUT2D eigenvalue weighted by Gasteiger charge is 2.39. The van der Waals surface area contributed by atoms with Gasteiger partial charge in [0.2, 0.25) is 0 Å². The van der Waals surface area contributed by atoms with Gasteiger partial charge >= 0.3 is 0 Å². The first-order valence-electron chi connectivity index (χ1n) is 4.54. The Morgan fingerprint density at radius 3 is 2.08 bits per heavy atom. The minimum Gasteiger partial charge on any atom is -0.390 e. The van der Waals surface area contributed by atoms with Crippen LogP contribution in [0.3, 0.4) is 0 Å². The Labute approximate surface area is 78.1 Å². The van der Waals surface area contributed by atoms with Crippen molar-refractivity contribution in [3.05, 3.63) is 0 Å². The second kappa shape index (κ2) is 3.20. The maximum absolute atomic E-state index is 11.7. The molecule has 2 aliphatic rings. The van der Waals surface area contributed by atoms with Gasteiger partial charge in [0.05, 0.1) is 6.10 Å². The van der Waals surface area contributed by atoms with Gasteiger partial charge in [0.15, 0.2) is 0 Å². The Kier molecular flexibility index (Phi) is 2.31. The molecule has 2 heterocycles. The van der Waals surface area contributed by atoms with Crippen molar-refractivity contribution in [3.63, 3.8) is 0 Å². The van der Waals surface area contributed by atoms with Crippen molar-refractivity contribution in [1.29, 1.82) is 0 Å². The van der Waals surface area contributed by atoms with Gasteiger partial charge in [-0.1, -0.05) is 0 Å². The Morgan fingerprint density at radius 1 is 1.08 bits per heavy atom. The van der Waals surface area contributed by atoms with Crippen LogP contribution >= 0.6 is 0 Å². The Bertz CT molecular complexity index is 278. The number of aliphatic hydroxyl groups excluding tert-OH is 1. The van der Waals surface area contributed by atoms with E-state index >= 15 is 0 Å². The van der Waals surface area contributed by atoms with Gasteiger partial charge < -0.3 is 5.11 Å². The van der Waals surface area contributed by atoms with Gasteiger partial charge in [-0.05, 0) is 12.8 Å². The molecule has 13 heavy (non-hydrogen) atoms. The molecule has 0 aromatic rings. The molecule has 1 N–H and O–H groups in total. The summed E-state index contributed by atoms with van der Waals surface area (Å²) in [5, 5.41) is 9.00. The summed E-state index contributed by atoms with van der Waals surface area (Å²) in [5.74, 6) is 0. The van der Waals surface area contributed by atoms with E-state index in [1.807, 2.05) is 0 Å². The van der Waals surface area contributed by atoms with Crippen molar-refractivity contribution in [3.8, 4) is 0 Å². The van der Waals surface area contributed by atoms with Crippen LogP contribution in [-0.4, -0.2) is 54.4 Å². The van der Waals surface area contributed by atoms with E-state index in [0.29, 0.717) is 13.1 Å². The SMILES string of the molecule is O=S(=O)(N1CCCC1)N1CC(O)C1. The third-order valence-corrected chi connectivity index (χ3v) is 4.51. The van der Waals surface area contributed by atoms with Gasteiger partial charge in [-0.3, -0.25) is 0 Å². The molecule has 0 atom stereocenters. The molecule has 0 saturated carbocycles. The van der Waals surface area contributed by atoms with E-state index in [0.717, 1.165) is 12.8 Å². The Hall–Kier alpha value is -0.170. The van der Waals surface area contributed by atoms with Gasteiger partial charge in [0.25, 0.3) is 10.2 Å². The number of β-amino-alcohol motifs (C(OH)–C–C–N with tert-alkyl or cyclic N) is 1. The highest BCUT2D eigenvalue weighted by molar-refractivity contribution is 7.86. The van der Waals surface area contributed by atoms with Crippen LogP contribution in [0.2, 0.25) is 0 Å². The molecular formula is C7H14N2O3S. The molecule has 0 bridgehead atoms. The summed E-state index contributed by atoms with van der Waals surface area (Å²) in [6.07, 6.45) is 1.45. The van der Waals surface area contributed by atoms with Crippen LogP contribution in [0.5, 0.6) is 0 Å². The maximum atomic E-state index is 11.7. The molecule has 0 unspecified atom stereocenters. The number of aliphatic hydroxyl groups is 1. The summed E-state index contributed by atoms with van der Waals surface area (Å²) < 4.78 is 26.2. The standard InChI is InChI=1S/C7H14N2O3S/c10-7-5-9(6-7)13(11,12)8-3-1-2-4-8/h7,10H,1-6H2. The van der Waals surface area contributed by atoms with Crippen LogP contribution in [0.1, 0.15) is 12.8 Å². The normalized spacial score (nSPS) is 27.8. The molecule has 2 rings (SSSR count). The highest BCUT2D eigenvalue weighted by atomic mass is 32.2. The Morgan fingerprint density at radius 2 is 1.62 bits per heavy atom. The summed E-state index contributed by atoms with van der Waals surface area (Å²) >= 11 is 0. The first-order valence-corrected chi connectivity index (χ1v) is 5.94. The minimum atomic E-state index is -3.23. The molecule has 2 fully saturated rings. The number of hydrogen-bond donors (Lipinski definition) is 1. The van der Waals surface area contributed by atoms with Crippen molar-refractivity contribution in [2.45, 2.75) is 18.9 Å². The highest BCUT2D eigenvalue weighted by Crippen LogP contribution is 2.20. The average Bonchev–Trinajstić information content (AvgIpc) is 2.50. The summed E-state index contributed by atoms with van der Waals surface area (Å²) in [7, 11) is -3.23. The van der Waals surface area contributed by atoms with E-state index in [2.05, 4.69) is 0 Å². The topological polar surface area (TPSA) is 60.9 Å². The first kappa shape index (κ1) is 9.39. The zero-order valence-corrected chi connectivity index (χ0v) is 8.20. The van der Waals surface area contributed by atoms with Crippen LogP contribution in [-0.2, 0) is 10.2 Å². The zero-order chi connectivity index (χ0) is 9.47. The summed E-state index contributed by atoms with van der Waals surface area (Å²) in [6.45, 7) is 1.79. The van der Waals surface area contributed by atoms with Crippen molar-refractivity contribution < 1.29 is 13.5 Å². The summed E-state index contributed by atoms with van der Waals surface area (Å²) in [4.78, 5) is 0. The Balaban J connectivity index is 2.03. The summed E-state index contributed by atoms with van der Waals surface area (Å²) in [6, 6.07) is 0. The van der Waals surface area contributed by atoms with Gasteiger partial charge in [-0.25, -0.2) is 0 Å². The monoisotopic (exact) mass is 206 g/mol. The largest absolute Gasteiger partial charge is 0.390 e. The second-order valence-corrected chi connectivity index (χ2v) is 5.51. The number of nitrogens with zero attached hydrogens (tertiary/aromatic N) is 2. The van der Waals surface area contributed by atoms with Crippen molar-refractivity contribution in [2.24, 2.45) is 0 Å². The molecule has 2 saturated heterocycles. The third-order valence-electron chi connectivity index (χ3n) is 2.55. The molecule has 0 spiro atoms. The second-order valence-electron chi connectivity index (χ2n) is 3.58. The lowest BCUT2D eigenvalue weighted by Gasteiger charge is -2.37. The fourth-order valence-electron chi connectivity index (χ4n) is 1.69. The number of rotatable bonds is 2. The van der Waals surface area contributed by atoms with E-state index < -0.39 is 16.3 Å². The molecule has 0 aromatic heterocycles. The predicted octanol–water partition coefficient (Wildman–Crippen LogP) is -0.996. The lowest BCUT2D eigenvalue weighted by Crippen LogP contribution is -2.57. The molecule has 5 nitrogen and oxygen atoms in total. The maximum Gasteiger partial charge on any atom is 0.282 e. The van der Waals surface area contributed by atoms with Crippen molar-refractivity contribution in [1.82, 2.24) is 8.61 Å². The van der Waals surface area contributed by atoms with Crippen LogP contribution < -0.4 is 0 Å². The van der Waals surface area contributed by atoms with Crippen LogP contribution in [0.25, 0.3) is 0 Å². The summed E-state index contributed by atoms with van der Waals surface area (Å²) in [5.41, 5.74) is 0. The van der Waals surface area contributed by atoms with E-state index in [9.17, 15) is 8.42 Å². The van der Waals surface area contributed by atoms with E-state index in [1.54, 1.807) is 0 Å². The van der Waals surface area contributed by atoms with Gasteiger partial charge in [-0.15, -0.1) is 0 Å². The molecule has 6 heteroatoms. The molecule has 0 aliphatic carbocycles. The average molecular weight is 206 g/mol. The molecule has 0 radical (unpaired) electrons. The number of hydrogen-bond acceptors (Lipinski definition) is 3. The fourth-order valence-corrected chi connectivity index (χ4v) is 3.45. The lowest BCUT2D eigenvalue weighted by atomic mass is 10.2. The first-order chi connectivity index (χ1) is 6.10. The fraction of sp³-hybridized carbons (Fsp3) is 1.00. The van der Waals surface area contributed by atoms with Crippen LogP contribution in [0.15, 0.2) is 0 Å². The molecular weight excluding hydrogens is 192 g/mol. The lowest BCUT2D eigenvalue weighted by molar-refractivity contribution is 0.0511. The molecule has 76 valence electrons. The van der Waals surface area contributed by atoms with E-state index in [4.69, 9.17) is 5.11 Å². The van der Waals surface area contributed by atoms with Gasteiger partial charge in [0, 0.05) is 26.2 Å². The van der Waals surface area contributed by atoms with Gasteiger partial charge in [-0.2, -0.15) is 17.0 Å². The molecule has 0 aromatic carbocycles. The van der Waals surface area contributed by atoms with E-state index in [1.165, 1.54) is 8.61 Å². The molecule has 0 amide bonds. The van der Waals surface area contributed by atoms with E-state index in [-0.39, 0.29) is 13.1 Å². The van der Waals surface area contributed by atoms with Crippen LogP contribution in [0.4, 0.5) is 0 Å². The predicted molar refractivity (Wildman–Crippen MR) is 47.3 cm³/mol. The quantitative estimate of drug-likeness (QED) is 0.630. The zero-order valence-electron chi connectivity index (χ0n) is 7.39. The van der Waals surface area contributed by atoms with Crippen molar-refractivity contribution >= 4 is 10.2 Å². The smallest absolute Gasteiger partial charge is 0.282 e. The van der Waals surface area contributed by atoms with Crippen LogP contribution in [0, 0.1) is 0 Å². The third kappa shape index (κ3) is 1.59. The van der Waals surface area contributed by atoms with Gasteiger partial charge in [0.1, 0.15) is 0 Å².